The monoisotopic (exact) mass is 282 g/mol. The third-order valence-corrected chi connectivity index (χ3v) is 3.21. The maximum absolute atomic E-state index is 13.8. The van der Waals surface area contributed by atoms with Crippen molar-refractivity contribution in [2.75, 3.05) is 26.3 Å². The molecule has 1 saturated heterocycles. The third kappa shape index (κ3) is 3.46. The van der Waals surface area contributed by atoms with E-state index in [-0.39, 0.29) is 18.2 Å². The number of benzene rings is 1. The SMILES string of the molecule is CC(Oc1ccc(CN)cc1F)C(=O)N1CCOCC1. The zero-order chi connectivity index (χ0) is 14.5. The smallest absolute Gasteiger partial charge is 0.263 e. The Morgan fingerprint density at radius 1 is 1.50 bits per heavy atom. The van der Waals surface area contributed by atoms with E-state index in [2.05, 4.69) is 0 Å². The molecule has 6 heteroatoms. The minimum Gasteiger partial charge on any atom is -0.478 e. The van der Waals surface area contributed by atoms with Crippen molar-refractivity contribution in [2.24, 2.45) is 5.73 Å². The Labute approximate surface area is 117 Å². The van der Waals surface area contributed by atoms with Gasteiger partial charge in [0.25, 0.3) is 5.91 Å². The maximum atomic E-state index is 13.8. The van der Waals surface area contributed by atoms with Gasteiger partial charge < -0.3 is 20.1 Å². The fraction of sp³-hybridized carbons (Fsp3) is 0.500. The van der Waals surface area contributed by atoms with Gasteiger partial charge in [0.05, 0.1) is 13.2 Å². The van der Waals surface area contributed by atoms with E-state index in [0.29, 0.717) is 31.9 Å². The van der Waals surface area contributed by atoms with Gasteiger partial charge in [-0.3, -0.25) is 4.79 Å². The van der Waals surface area contributed by atoms with Gasteiger partial charge in [-0.05, 0) is 24.6 Å². The lowest BCUT2D eigenvalue weighted by molar-refractivity contribution is -0.142. The molecule has 1 aliphatic heterocycles. The summed E-state index contributed by atoms with van der Waals surface area (Å²) in [6.45, 7) is 4.02. The van der Waals surface area contributed by atoms with Gasteiger partial charge in [-0.25, -0.2) is 4.39 Å². The number of nitrogens with two attached hydrogens (primary N) is 1. The molecule has 1 unspecified atom stereocenters. The summed E-state index contributed by atoms with van der Waals surface area (Å²) < 4.78 is 24.4. The number of halogens is 1. The molecule has 1 fully saturated rings. The minimum atomic E-state index is -0.730. The molecule has 1 aromatic carbocycles. The lowest BCUT2D eigenvalue weighted by Crippen LogP contribution is -2.46. The molecule has 1 amide bonds. The standard InChI is InChI=1S/C14H19FN2O3/c1-10(14(18)17-4-6-19-7-5-17)20-13-3-2-11(9-16)8-12(13)15/h2-3,8,10H,4-7,9,16H2,1H3. The quantitative estimate of drug-likeness (QED) is 0.891. The minimum absolute atomic E-state index is 0.0660. The summed E-state index contributed by atoms with van der Waals surface area (Å²) in [4.78, 5) is 13.8. The molecule has 2 rings (SSSR count). The predicted octanol–water partition coefficient (Wildman–Crippen LogP) is 0.910. The number of amides is 1. The molecule has 5 nitrogen and oxygen atoms in total. The van der Waals surface area contributed by atoms with E-state index < -0.39 is 11.9 Å². The van der Waals surface area contributed by atoms with Crippen LogP contribution in [0.2, 0.25) is 0 Å². The number of rotatable bonds is 4. The van der Waals surface area contributed by atoms with E-state index in [1.165, 1.54) is 12.1 Å². The first kappa shape index (κ1) is 14.7. The largest absolute Gasteiger partial charge is 0.478 e. The lowest BCUT2D eigenvalue weighted by Gasteiger charge is -2.29. The lowest BCUT2D eigenvalue weighted by atomic mass is 10.2. The molecule has 0 saturated carbocycles. The van der Waals surface area contributed by atoms with Gasteiger partial charge in [0.2, 0.25) is 0 Å². The summed E-state index contributed by atoms with van der Waals surface area (Å²) in [5.74, 6) is -0.596. The molecule has 0 aliphatic carbocycles. The second kappa shape index (κ2) is 6.67. The first-order chi connectivity index (χ1) is 9.61. The van der Waals surface area contributed by atoms with Crippen LogP contribution in [0.1, 0.15) is 12.5 Å². The van der Waals surface area contributed by atoms with Gasteiger partial charge in [0, 0.05) is 19.6 Å². The molecule has 1 aliphatic rings. The van der Waals surface area contributed by atoms with Gasteiger partial charge in [-0.2, -0.15) is 0 Å². The van der Waals surface area contributed by atoms with Crippen LogP contribution in [0.15, 0.2) is 18.2 Å². The van der Waals surface area contributed by atoms with E-state index >= 15 is 0 Å². The Bertz CT molecular complexity index is 475. The Morgan fingerprint density at radius 3 is 2.80 bits per heavy atom. The number of nitrogens with zero attached hydrogens (tertiary/aromatic N) is 1. The highest BCUT2D eigenvalue weighted by molar-refractivity contribution is 5.81. The van der Waals surface area contributed by atoms with Gasteiger partial charge in [0.15, 0.2) is 17.7 Å². The van der Waals surface area contributed by atoms with Gasteiger partial charge in [0.1, 0.15) is 0 Å². The van der Waals surface area contributed by atoms with Crippen molar-refractivity contribution in [1.29, 1.82) is 0 Å². The van der Waals surface area contributed by atoms with E-state index in [1.807, 2.05) is 0 Å². The summed E-state index contributed by atoms with van der Waals surface area (Å²) in [5, 5.41) is 0. The first-order valence-corrected chi connectivity index (χ1v) is 6.63. The maximum Gasteiger partial charge on any atom is 0.263 e. The molecular weight excluding hydrogens is 263 g/mol. The second-order valence-corrected chi connectivity index (χ2v) is 4.67. The van der Waals surface area contributed by atoms with E-state index in [0.717, 1.165) is 0 Å². The summed E-state index contributed by atoms with van der Waals surface area (Å²) >= 11 is 0. The Hall–Kier alpha value is -1.66. The fourth-order valence-electron chi connectivity index (χ4n) is 2.05. The summed E-state index contributed by atoms with van der Waals surface area (Å²) in [7, 11) is 0. The van der Waals surface area contributed by atoms with Crippen LogP contribution in [-0.4, -0.2) is 43.2 Å². The van der Waals surface area contributed by atoms with Crippen LogP contribution < -0.4 is 10.5 Å². The summed E-state index contributed by atoms with van der Waals surface area (Å²) in [6.07, 6.45) is -0.730. The van der Waals surface area contributed by atoms with Crippen LogP contribution in [0.3, 0.4) is 0 Å². The van der Waals surface area contributed by atoms with Crippen LogP contribution in [0.4, 0.5) is 4.39 Å². The van der Waals surface area contributed by atoms with Crippen LogP contribution in [0.25, 0.3) is 0 Å². The second-order valence-electron chi connectivity index (χ2n) is 4.67. The van der Waals surface area contributed by atoms with Crippen molar-refractivity contribution in [3.63, 3.8) is 0 Å². The van der Waals surface area contributed by atoms with Crippen molar-refractivity contribution in [3.05, 3.63) is 29.6 Å². The Morgan fingerprint density at radius 2 is 2.20 bits per heavy atom. The Balaban J connectivity index is 1.99. The van der Waals surface area contributed by atoms with E-state index in [9.17, 15) is 9.18 Å². The van der Waals surface area contributed by atoms with Gasteiger partial charge in [-0.1, -0.05) is 6.07 Å². The highest BCUT2D eigenvalue weighted by atomic mass is 19.1. The first-order valence-electron chi connectivity index (χ1n) is 6.63. The van der Waals surface area contributed by atoms with Crippen molar-refractivity contribution < 1.29 is 18.7 Å². The molecule has 110 valence electrons. The normalized spacial score (nSPS) is 16.9. The van der Waals surface area contributed by atoms with Crippen LogP contribution >= 0.6 is 0 Å². The molecule has 1 heterocycles. The number of ether oxygens (including phenoxy) is 2. The molecule has 0 aromatic heterocycles. The summed E-state index contributed by atoms with van der Waals surface area (Å²) in [5.41, 5.74) is 6.12. The van der Waals surface area contributed by atoms with Crippen LogP contribution in [-0.2, 0) is 16.1 Å². The van der Waals surface area contributed by atoms with Crippen molar-refractivity contribution in [2.45, 2.75) is 19.6 Å². The predicted molar refractivity (Wildman–Crippen MR) is 71.8 cm³/mol. The number of hydrogen-bond acceptors (Lipinski definition) is 4. The molecule has 1 aromatic rings. The zero-order valence-electron chi connectivity index (χ0n) is 11.5. The highest BCUT2D eigenvalue weighted by Gasteiger charge is 2.24. The van der Waals surface area contributed by atoms with Gasteiger partial charge in [-0.15, -0.1) is 0 Å². The van der Waals surface area contributed by atoms with Gasteiger partial charge >= 0.3 is 0 Å². The third-order valence-electron chi connectivity index (χ3n) is 3.21. The average molecular weight is 282 g/mol. The molecule has 0 radical (unpaired) electrons. The number of morpholine rings is 1. The zero-order valence-corrected chi connectivity index (χ0v) is 11.5. The van der Waals surface area contributed by atoms with Crippen LogP contribution in [0, 0.1) is 5.82 Å². The number of hydrogen-bond donors (Lipinski definition) is 1. The molecule has 0 bridgehead atoms. The van der Waals surface area contributed by atoms with Crippen LogP contribution in [0.5, 0.6) is 5.75 Å². The molecule has 1 atom stereocenters. The molecular formula is C14H19FN2O3. The summed E-state index contributed by atoms with van der Waals surface area (Å²) in [6, 6.07) is 4.51. The fourth-order valence-corrected chi connectivity index (χ4v) is 2.05. The topological polar surface area (TPSA) is 64.8 Å². The number of carbonyl (C=O) groups is 1. The van der Waals surface area contributed by atoms with Crippen molar-refractivity contribution >= 4 is 5.91 Å². The van der Waals surface area contributed by atoms with E-state index in [4.69, 9.17) is 15.2 Å². The highest BCUT2D eigenvalue weighted by Crippen LogP contribution is 2.20. The molecule has 2 N–H and O–H groups in total. The number of carbonyl (C=O) groups excluding carboxylic acids is 1. The Kier molecular flexibility index (Phi) is 4.92. The van der Waals surface area contributed by atoms with E-state index in [1.54, 1.807) is 17.9 Å². The van der Waals surface area contributed by atoms with Crippen molar-refractivity contribution in [3.8, 4) is 5.75 Å². The molecule has 20 heavy (non-hydrogen) atoms. The molecule has 0 spiro atoms. The van der Waals surface area contributed by atoms with Crippen molar-refractivity contribution in [1.82, 2.24) is 4.90 Å². The average Bonchev–Trinajstić information content (AvgIpc) is 2.49.